The lowest BCUT2D eigenvalue weighted by molar-refractivity contribution is -0.997. The Hall–Kier alpha value is -1.31. The number of carbonyl (C=O) groups excluding carboxylic acids is 2. The molecule has 7 heteroatoms. The van der Waals surface area contributed by atoms with Crippen LogP contribution < -0.4 is 5.11 Å². The molecule has 2 fully saturated rings. The van der Waals surface area contributed by atoms with Gasteiger partial charge in [-0.25, -0.2) is 4.59 Å². The number of amides is 1. The number of fused-ring (bicyclic) bond motifs is 1. The summed E-state index contributed by atoms with van der Waals surface area (Å²) in [6, 6.07) is 0. The van der Waals surface area contributed by atoms with Crippen LogP contribution in [0.2, 0.25) is 0 Å². The van der Waals surface area contributed by atoms with Crippen molar-refractivity contribution < 1.29 is 19.3 Å². The van der Waals surface area contributed by atoms with Crippen molar-refractivity contribution in [1.29, 1.82) is 0 Å². The molecule has 3 aliphatic rings. The van der Waals surface area contributed by atoms with Gasteiger partial charge in [-0.05, 0) is 11.6 Å². The van der Waals surface area contributed by atoms with Crippen LogP contribution in [0.3, 0.4) is 0 Å². The average Bonchev–Trinajstić information content (AvgIpc) is 2.78. The minimum Gasteiger partial charge on any atom is -0.543 e. The second-order valence-corrected chi connectivity index (χ2v) is 7.44. The summed E-state index contributed by atoms with van der Waals surface area (Å²) < 4.78 is 0.836. The standard InChI is InChI=1S/C15H21N3O3S/c1-16-6-4-8-18(16,2)7-3-5-11-10-22-13-9-12(19)17(13)14(11)15(20)21/h3,5,13H,4,6-10H2,1-2H3/b5-3+/t13-,18?/m1/s1. The van der Waals surface area contributed by atoms with Gasteiger partial charge in [0.2, 0.25) is 5.91 Å². The molecule has 22 heavy (non-hydrogen) atoms. The van der Waals surface area contributed by atoms with E-state index in [1.54, 1.807) is 11.8 Å². The minimum absolute atomic E-state index is 0.0215. The van der Waals surface area contributed by atoms with Gasteiger partial charge in [0.25, 0.3) is 0 Å². The van der Waals surface area contributed by atoms with Crippen molar-refractivity contribution in [2.24, 2.45) is 0 Å². The van der Waals surface area contributed by atoms with Crippen molar-refractivity contribution in [2.75, 3.05) is 39.5 Å². The van der Waals surface area contributed by atoms with Crippen molar-refractivity contribution in [3.63, 3.8) is 0 Å². The molecule has 2 atom stereocenters. The Bertz CT molecular complexity index is 574. The number of hydrogen-bond acceptors (Lipinski definition) is 5. The number of aliphatic carboxylic acids is 1. The molecule has 0 spiro atoms. The van der Waals surface area contributed by atoms with E-state index >= 15 is 0 Å². The zero-order chi connectivity index (χ0) is 15.9. The summed E-state index contributed by atoms with van der Waals surface area (Å²) in [6.07, 6.45) is 5.48. The molecule has 0 aromatic rings. The van der Waals surface area contributed by atoms with E-state index in [1.807, 2.05) is 12.2 Å². The first-order valence-electron chi connectivity index (χ1n) is 7.53. The molecule has 6 nitrogen and oxygen atoms in total. The monoisotopic (exact) mass is 323 g/mol. The third-order valence-corrected chi connectivity index (χ3v) is 6.08. The van der Waals surface area contributed by atoms with Crippen molar-refractivity contribution in [2.45, 2.75) is 18.2 Å². The lowest BCUT2D eigenvalue weighted by atomic mass is 10.1. The summed E-state index contributed by atoms with van der Waals surface area (Å²) in [5.74, 6) is -0.759. The molecule has 120 valence electrons. The zero-order valence-corrected chi connectivity index (χ0v) is 13.8. The van der Waals surface area contributed by atoms with E-state index in [0.717, 1.165) is 24.2 Å². The van der Waals surface area contributed by atoms with Crippen molar-refractivity contribution in [3.8, 4) is 0 Å². The van der Waals surface area contributed by atoms with E-state index in [2.05, 4.69) is 19.1 Å². The van der Waals surface area contributed by atoms with Crippen LogP contribution in [-0.2, 0) is 9.59 Å². The molecule has 2 saturated heterocycles. The number of carbonyl (C=O) groups is 2. The number of nitrogens with zero attached hydrogens (tertiary/aromatic N) is 3. The summed E-state index contributed by atoms with van der Waals surface area (Å²) in [6.45, 7) is 2.99. The highest BCUT2D eigenvalue weighted by molar-refractivity contribution is 8.00. The number of quaternary nitrogens is 1. The maximum atomic E-state index is 11.7. The predicted octanol–water partition coefficient (Wildman–Crippen LogP) is -0.451. The zero-order valence-electron chi connectivity index (χ0n) is 12.9. The van der Waals surface area contributed by atoms with E-state index in [0.29, 0.717) is 17.7 Å². The topological polar surface area (TPSA) is 63.7 Å². The highest BCUT2D eigenvalue weighted by Crippen LogP contribution is 2.39. The van der Waals surface area contributed by atoms with E-state index in [-0.39, 0.29) is 17.0 Å². The lowest BCUT2D eigenvalue weighted by Crippen LogP contribution is -2.55. The smallest absolute Gasteiger partial charge is 0.231 e. The summed E-state index contributed by atoms with van der Waals surface area (Å²) in [5, 5.41) is 13.7. The van der Waals surface area contributed by atoms with Crippen LogP contribution in [0.15, 0.2) is 23.4 Å². The second-order valence-electron chi connectivity index (χ2n) is 6.28. The molecule has 0 N–H and O–H groups in total. The van der Waals surface area contributed by atoms with E-state index in [4.69, 9.17) is 0 Å². The molecule has 1 unspecified atom stereocenters. The third-order valence-electron chi connectivity index (χ3n) is 4.84. The first-order valence-corrected chi connectivity index (χ1v) is 8.58. The molecule has 0 aliphatic carbocycles. The predicted molar refractivity (Wildman–Crippen MR) is 82.0 cm³/mol. The Morgan fingerprint density at radius 3 is 2.91 bits per heavy atom. The van der Waals surface area contributed by atoms with Crippen LogP contribution in [0.25, 0.3) is 0 Å². The normalized spacial score (nSPS) is 32.5. The highest BCUT2D eigenvalue weighted by atomic mass is 32.2. The molecular weight excluding hydrogens is 302 g/mol. The number of likely N-dealkylation sites (N-methyl/N-ethyl adjacent to an activating group) is 1. The molecular formula is C15H21N3O3S. The number of carboxylic acids is 1. The first-order chi connectivity index (χ1) is 10.4. The third kappa shape index (κ3) is 2.57. The quantitative estimate of drug-likeness (QED) is 0.518. The number of β-lactam (4-membered cyclic amide) rings is 1. The van der Waals surface area contributed by atoms with E-state index in [9.17, 15) is 14.7 Å². The Kier molecular flexibility index (Phi) is 4.05. The summed E-state index contributed by atoms with van der Waals surface area (Å²) >= 11 is 1.62. The van der Waals surface area contributed by atoms with Crippen LogP contribution in [0.4, 0.5) is 0 Å². The lowest BCUT2D eigenvalue weighted by Gasteiger charge is -2.45. The van der Waals surface area contributed by atoms with Crippen LogP contribution in [0.1, 0.15) is 12.8 Å². The highest BCUT2D eigenvalue weighted by Gasteiger charge is 2.42. The van der Waals surface area contributed by atoms with Crippen molar-refractivity contribution in [3.05, 3.63) is 23.4 Å². The molecule has 3 aliphatic heterocycles. The van der Waals surface area contributed by atoms with Crippen molar-refractivity contribution in [1.82, 2.24) is 9.91 Å². The fourth-order valence-electron chi connectivity index (χ4n) is 3.26. The van der Waals surface area contributed by atoms with E-state index in [1.165, 1.54) is 11.3 Å². The Morgan fingerprint density at radius 2 is 2.32 bits per heavy atom. The molecule has 0 bridgehead atoms. The molecule has 0 aromatic heterocycles. The van der Waals surface area contributed by atoms with Gasteiger partial charge in [0.15, 0.2) is 0 Å². The van der Waals surface area contributed by atoms with Gasteiger partial charge in [0.1, 0.15) is 6.54 Å². The number of hydrogen-bond donors (Lipinski definition) is 0. The second kappa shape index (κ2) is 5.72. The van der Waals surface area contributed by atoms with Gasteiger partial charge in [-0.1, -0.05) is 6.08 Å². The Balaban J connectivity index is 1.77. The van der Waals surface area contributed by atoms with Gasteiger partial charge < -0.3 is 9.90 Å². The number of carboxylic acid groups (broad SMARTS) is 1. The fourth-order valence-corrected chi connectivity index (χ4v) is 4.50. The summed E-state index contributed by atoms with van der Waals surface area (Å²) in [4.78, 5) is 24.4. The molecule has 0 aromatic carbocycles. The number of rotatable bonds is 4. The van der Waals surface area contributed by atoms with Crippen LogP contribution in [-0.4, -0.2) is 71.2 Å². The maximum absolute atomic E-state index is 11.7. The van der Waals surface area contributed by atoms with E-state index < -0.39 is 5.97 Å². The minimum atomic E-state index is -1.25. The van der Waals surface area contributed by atoms with Gasteiger partial charge in [-0.2, -0.15) is 5.01 Å². The molecule has 1 amide bonds. The maximum Gasteiger partial charge on any atom is 0.231 e. The van der Waals surface area contributed by atoms with Crippen molar-refractivity contribution >= 4 is 23.6 Å². The van der Waals surface area contributed by atoms with Gasteiger partial charge in [0, 0.05) is 19.2 Å². The summed E-state index contributed by atoms with van der Waals surface area (Å²) in [7, 11) is 4.28. The number of thioether (sulfide) groups is 1. The SMILES string of the molecule is CN1CCC[N+]1(C)C/C=C/C1=C(C(=O)[O-])N2C(=O)C[C@H]2SC1. The van der Waals surface area contributed by atoms with Gasteiger partial charge in [0.05, 0.1) is 43.6 Å². The first kappa shape index (κ1) is 15.6. The molecule has 0 radical (unpaired) electrons. The van der Waals surface area contributed by atoms with Crippen LogP contribution >= 0.6 is 11.8 Å². The van der Waals surface area contributed by atoms with Crippen LogP contribution in [0.5, 0.6) is 0 Å². The molecule has 3 rings (SSSR count). The van der Waals surface area contributed by atoms with Gasteiger partial charge >= 0.3 is 0 Å². The number of allylic oxidation sites excluding steroid dienone is 1. The summed E-state index contributed by atoms with van der Waals surface area (Å²) in [5.41, 5.74) is 0.747. The van der Waals surface area contributed by atoms with Gasteiger partial charge in [-0.3, -0.25) is 9.69 Å². The largest absolute Gasteiger partial charge is 0.543 e. The molecule has 3 heterocycles. The van der Waals surface area contributed by atoms with Crippen LogP contribution in [0, 0.1) is 0 Å². The molecule has 0 saturated carbocycles. The Morgan fingerprint density at radius 1 is 1.55 bits per heavy atom. The average molecular weight is 323 g/mol. The fraction of sp³-hybridized carbons (Fsp3) is 0.600. The Labute approximate surface area is 134 Å². The van der Waals surface area contributed by atoms with Gasteiger partial charge in [-0.15, -0.1) is 11.8 Å².